The first kappa shape index (κ1) is 34.8. The van der Waals surface area contributed by atoms with Gasteiger partial charge in [0, 0.05) is 65.4 Å². The Morgan fingerprint density at radius 2 is 1.52 bits per heavy atom. The highest BCUT2D eigenvalue weighted by Crippen LogP contribution is 2.27. The third-order valence-corrected chi connectivity index (χ3v) is 9.56. The van der Waals surface area contributed by atoms with E-state index in [1.54, 1.807) is 26.2 Å². The van der Waals surface area contributed by atoms with Crippen molar-refractivity contribution in [2.24, 2.45) is 13.0 Å². The Bertz CT molecular complexity index is 1510. The minimum Gasteiger partial charge on any atom is -0.350 e. The fraction of sp³-hybridized carbons (Fsp3) is 0.486. The topological polar surface area (TPSA) is 129 Å². The number of benzene rings is 2. The largest absolute Gasteiger partial charge is 0.350 e. The van der Waals surface area contributed by atoms with Crippen LogP contribution < -0.4 is 16.0 Å². The highest BCUT2D eigenvalue weighted by molar-refractivity contribution is 5.96. The molecule has 11 nitrogen and oxygen atoms in total. The van der Waals surface area contributed by atoms with Gasteiger partial charge in [0.15, 0.2) is 0 Å². The highest BCUT2D eigenvalue weighted by Gasteiger charge is 2.32. The Morgan fingerprint density at radius 3 is 2.17 bits per heavy atom. The maximum absolute atomic E-state index is 13.6. The van der Waals surface area contributed by atoms with Crippen LogP contribution in [0.1, 0.15) is 72.6 Å². The predicted molar refractivity (Wildman–Crippen MR) is 184 cm³/mol. The van der Waals surface area contributed by atoms with Gasteiger partial charge in [-0.25, -0.2) is 0 Å². The van der Waals surface area contributed by atoms with Gasteiger partial charge >= 0.3 is 0 Å². The standard InChI is InChI=1S/C37H49N7O4/c1-3-33(45)40-31(37(48)44-22-20-43(21-23-44)26-29-10-6-4-7-11-29)24-27-14-16-28(17-15-27)25-38-36(47)34(30-12-8-5-9-13-30)41-35(46)32-18-19-39-42(32)2/h4,6-7,10-11,14-19,30-31,34H,3,5,8-9,12-13,20-26H2,1-2H3,(H,38,47)(H,40,45)(H,41,46)/t31-,34+/m1/s1. The molecule has 2 fully saturated rings. The number of carbonyl (C=O) groups is 4. The Hall–Kier alpha value is -4.51. The van der Waals surface area contributed by atoms with Gasteiger partial charge in [0.2, 0.25) is 17.7 Å². The number of nitrogens with zero attached hydrogens (tertiary/aromatic N) is 4. The third kappa shape index (κ3) is 9.53. The quantitative estimate of drug-likeness (QED) is 0.260. The smallest absolute Gasteiger partial charge is 0.270 e. The summed E-state index contributed by atoms with van der Waals surface area (Å²) in [5, 5.41) is 13.1. The first-order valence-corrected chi connectivity index (χ1v) is 17.3. The summed E-state index contributed by atoms with van der Waals surface area (Å²) in [5.74, 6) is -0.637. The van der Waals surface area contributed by atoms with Gasteiger partial charge in [-0.3, -0.25) is 28.8 Å². The summed E-state index contributed by atoms with van der Waals surface area (Å²) < 4.78 is 1.51. The zero-order valence-corrected chi connectivity index (χ0v) is 28.2. The van der Waals surface area contributed by atoms with Crippen LogP contribution in [0.25, 0.3) is 0 Å². The molecule has 5 rings (SSSR count). The second-order valence-electron chi connectivity index (χ2n) is 13.0. The molecule has 256 valence electrons. The van der Waals surface area contributed by atoms with Crippen LogP contribution in [-0.2, 0) is 40.9 Å². The zero-order valence-electron chi connectivity index (χ0n) is 28.2. The number of aryl methyl sites for hydroxylation is 1. The van der Waals surface area contributed by atoms with E-state index in [2.05, 4.69) is 38.1 Å². The molecule has 1 aliphatic heterocycles. The molecule has 2 aromatic carbocycles. The molecule has 0 spiro atoms. The fourth-order valence-corrected chi connectivity index (χ4v) is 6.69. The average molecular weight is 656 g/mol. The van der Waals surface area contributed by atoms with E-state index in [1.165, 1.54) is 10.2 Å². The van der Waals surface area contributed by atoms with E-state index in [9.17, 15) is 19.2 Å². The molecule has 2 heterocycles. The number of aromatic nitrogens is 2. The number of rotatable bonds is 13. The predicted octanol–water partition coefficient (Wildman–Crippen LogP) is 3.20. The van der Waals surface area contributed by atoms with Crippen molar-refractivity contribution in [3.8, 4) is 0 Å². The molecule has 48 heavy (non-hydrogen) atoms. The van der Waals surface area contributed by atoms with Crippen LogP contribution in [0, 0.1) is 5.92 Å². The Balaban J connectivity index is 1.16. The van der Waals surface area contributed by atoms with E-state index in [-0.39, 0.29) is 29.5 Å². The van der Waals surface area contributed by atoms with Crippen molar-refractivity contribution in [2.75, 3.05) is 26.2 Å². The van der Waals surface area contributed by atoms with Crippen LogP contribution in [0.3, 0.4) is 0 Å². The molecule has 11 heteroatoms. The maximum Gasteiger partial charge on any atom is 0.270 e. The number of amides is 4. The van der Waals surface area contributed by atoms with Gasteiger partial charge in [-0.1, -0.05) is 80.8 Å². The number of hydrogen-bond acceptors (Lipinski definition) is 6. The molecule has 1 aliphatic carbocycles. The number of piperazine rings is 1. The first-order valence-electron chi connectivity index (χ1n) is 17.3. The Labute approximate surface area is 283 Å². The lowest BCUT2D eigenvalue weighted by Gasteiger charge is -2.36. The van der Waals surface area contributed by atoms with E-state index in [0.29, 0.717) is 38.2 Å². The van der Waals surface area contributed by atoms with Gasteiger partial charge in [0.1, 0.15) is 17.8 Å². The van der Waals surface area contributed by atoms with Gasteiger partial charge in [0.25, 0.3) is 5.91 Å². The van der Waals surface area contributed by atoms with E-state index in [1.807, 2.05) is 47.4 Å². The monoisotopic (exact) mass is 655 g/mol. The molecule has 2 aliphatic rings. The molecular formula is C37H49N7O4. The average Bonchev–Trinajstić information content (AvgIpc) is 3.56. The molecule has 0 radical (unpaired) electrons. The maximum atomic E-state index is 13.6. The van der Waals surface area contributed by atoms with Crippen LogP contribution in [0.15, 0.2) is 66.9 Å². The molecule has 1 saturated heterocycles. The summed E-state index contributed by atoms with van der Waals surface area (Å²) >= 11 is 0. The van der Waals surface area contributed by atoms with Crippen LogP contribution in [0.4, 0.5) is 0 Å². The van der Waals surface area contributed by atoms with Crippen molar-refractivity contribution in [1.82, 2.24) is 35.5 Å². The van der Waals surface area contributed by atoms with Crippen LogP contribution in [0.2, 0.25) is 0 Å². The summed E-state index contributed by atoms with van der Waals surface area (Å²) in [7, 11) is 1.71. The number of nitrogens with one attached hydrogen (secondary N) is 3. The minimum absolute atomic E-state index is 0.0607. The lowest BCUT2D eigenvalue weighted by molar-refractivity contribution is -0.138. The second-order valence-corrected chi connectivity index (χ2v) is 13.0. The van der Waals surface area contributed by atoms with Gasteiger partial charge in [-0.05, 0) is 41.5 Å². The van der Waals surface area contributed by atoms with Crippen LogP contribution >= 0.6 is 0 Å². The molecule has 1 aromatic heterocycles. The van der Waals surface area contributed by atoms with Crippen molar-refractivity contribution in [3.63, 3.8) is 0 Å². The number of carbonyl (C=O) groups excluding carboxylic acids is 4. The molecule has 0 unspecified atom stereocenters. The van der Waals surface area contributed by atoms with Gasteiger partial charge in [-0.15, -0.1) is 0 Å². The normalized spacial score (nSPS) is 16.9. The van der Waals surface area contributed by atoms with Crippen molar-refractivity contribution in [1.29, 1.82) is 0 Å². The zero-order chi connectivity index (χ0) is 33.9. The lowest BCUT2D eigenvalue weighted by Crippen LogP contribution is -2.55. The molecule has 1 saturated carbocycles. The Kier molecular flexibility index (Phi) is 12.4. The van der Waals surface area contributed by atoms with Crippen molar-refractivity contribution < 1.29 is 19.2 Å². The lowest BCUT2D eigenvalue weighted by atomic mass is 9.83. The van der Waals surface area contributed by atoms with Gasteiger partial charge < -0.3 is 20.9 Å². The Morgan fingerprint density at radius 1 is 0.833 bits per heavy atom. The SMILES string of the molecule is CCC(=O)N[C@H](Cc1ccc(CNC(=O)[C@@H](NC(=O)c2ccnn2C)C2CCCCC2)cc1)C(=O)N1CCN(Cc2ccccc2)CC1. The summed E-state index contributed by atoms with van der Waals surface area (Å²) in [6, 6.07) is 18.5. The molecule has 3 N–H and O–H groups in total. The molecule has 0 bridgehead atoms. The summed E-state index contributed by atoms with van der Waals surface area (Å²) in [4.78, 5) is 56.7. The van der Waals surface area contributed by atoms with Crippen LogP contribution in [-0.4, -0.2) is 81.5 Å². The van der Waals surface area contributed by atoms with Crippen molar-refractivity contribution >= 4 is 23.6 Å². The van der Waals surface area contributed by atoms with Crippen molar-refractivity contribution in [3.05, 3.63) is 89.2 Å². The molecule has 4 amide bonds. The molecule has 2 atom stereocenters. The highest BCUT2D eigenvalue weighted by atomic mass is 16.2. The summed E-state index contributed by atoms with van der Waals surface area (Å²) in [6.07, 6.45) is 7.29. The molecule has 3 aromatic rings. The minimum atomic E-state index is -0.650. The third-order valence-electron chi connectivity index (χ3n) is 9.56. The van der Waals surface area contributed by atoms with E-state index in [0.717, 1.165) is 62.9 Å². The van der Waals surface area contributed by atoms with Crippen molar-refractivity contribution in [2.45, 2.75) is 77.0 Å². The van der Waals surface area contributed by atoms with Gasteiger partial charge in [0.05, 0.1) is 0 Å². The second kappa shape index (κ2) is 17.1. The summed E-state index contributed by atoms with van der Waals surface area (Å²) in [6.45, 7) is 5.75. The van der Waals surface area contributed by atoms with E-state index < -0.39 is 12.1 Å². The first-order chi connectivity index (χ1) is 23.3. The summed E-state index contributed by atoms with van der Waals surface area (Å²) in [5.41, 5.74) is 3.50. The number of hydrogen-bond donors (Lipinski definition) is 3. The van der Waals surface area contributed by atoms with Crippen LogP contribution in [0.5, 0.6) is 0 Å². The fourth-order valence-electron chi connectivity index (χ4n) is 6.69. The molecular weight excluding hydrogens is 606 g/mol. The van der Waals surface area contributed by atoms with E-state index >= 15 is 0 Å². The van der Waals surface area contributed by atoms with Gasteiger partial charge in [-0.2, -0.15) is 5.10 Å². The van der Waals surface area contributed by atoms with E-state index in [4.69, 9.17) is 0 Å².